The second-order valence-electron chi connectivity index (χ2n) is 4.00. The third kappa shape index (κ3) is 4.60. The Morgan fingerprint density at radius 2 is 2.17 bits per heavy atom. The van der Waals surface area contributed by atoms with Crippen molar-refractivity contribution in [1.82, 2.24) is 15.3 Å². The fourth-order valence-corrected chi connectivity index (χ4v) is 1.81. The van der Waals surface area contributed by atoms with Gasteiger partial charge in [0.05, 0.1) is 0 Å². The highest BCUT2D eigenvalue weighted by atomic mass is 79.9. The van der Waals surface area contributed by atoms with Gasteiger partial charge in [0.25, 0.3) is 0 Å². The number of amides is 1. The largest absolute Gasteiger partial charge is 0.358 e. The van der Waals surface area contributed by atoms with Crippen LogP contribution in [0.4, 0.5) is 5.82 Å². The van der Waals surface area contributed by atoms with Gasteiger partial charge in [-0.3, -0.25) is 4.79 Å². The summed E-state index contributed by atoms with van der Waals surface area (Å²) in [4.78, 5) is 20.3. The predicted octanol–water partition coefficient (Wildman–Crippen LogP) is 2.13. The highest BCUT2D eigenvalue weighted by molar-refractivity contribution is 9.10. The maximum absolute atomic E-state index is 11.7. The molecule has 0 saturated carbocycles. The van der Waals surface area contributed by atoms with Gasteiger partial charge in [-0.25, -0.2) is 9.97 Å². The first-order valence-corrected chi connectivity index (χ1v) is 6.93. The summed E-state index contributed by atoms with van der Waals surface area (Å²) in [6.07, 6.45) is 1.68. The maximum Gasteiger partial charge on any atom is 0.242 e. The van der Waals surface area contributed by atoms with E-state index in [0.29, 0.717) is 12.4 Å². The summed E-state index contributed by atoms with van der Waals surface area (Å²) in [6, 6.07) is 1.45. The zero-order valence-corrected chi connectivity index (χ0v) is 12.5. The van der Waals surface area contributed by atoms with Gasteiger partial charge in [-0.05, 0) is 29.3 Å². The van der Waals surface area contributed by atoms with Gasteiger partial charge in [0, 0.05) is 19.0 Å². The second kappa shape index (κ2) is 7.31. The number of hydrogen-bond donors (Lipinski definition) is 2. The topological polar surface area (TPSA) is 66.9 Å². The van der Waals surface area contributed by atoms with E-state index in [1.807, 2.05) is 20.8 Å². The molecule has 0 aliphatic rings. The highest BCUT2D eigenvalue weighted by Crippen LogP contribution is 2.13. The Morgan fingerprint density at radius 1 is 1.44 bits per heavy atom. The molecule has 100 valence electrons. The average molecular weight is 315 g/mol. The van der Waals surface area contributed by atoms with E-state index >= 15 is 0 Å². The van der Waals surface area contributed by atoms with E-state index in [1.165, 1.54) is 0 Å². The molecular weight excluding hydrogens is 296 g/mol. The molecule has 0 radical (unpaired) electrons. The normalized spacial score (nSPS) is 12.0. The molecule has 1 aromatic rings. The van der Waals surface area contributed by atoms with E-state index in [2.05, 4.69) is 36.5 Å². The van der Waals surface area contributed by atoms with Crippen LogP contribution < -0.4 is 10.6 Å². The zero-order valence-electron chi connectivity index (χ0n) is 11.0. The van der Waals surface area contributed by atoms with Gasteiger partial charge in [-0.2, -0.15) is 0 Å². The Morgan fingerprint density at radius 3 is 2.78 bits per heavy atom. The van der Waals surface area contributed by atoms with Crippen LogP contribution in [0, 0.1) is 0 Å². The number of nitrogens with one attached hydrogen (secondary N) is 2. The molecule has 5 nitrogen and oxygen atoms in total. The molecular formula is C12H19BrN4O. The number of halogens is 1. The van der Waals surface area contributed by atoms with Crippen LogP contribution in [0.15, 0.2) is 10.7 Å². The summed E-state index contributed by atoms with van der Waals surface area (Å²) in [5.74, 6) is 1.38. The van der Waals surface area contributed by atoms with Crippen molar-refractivity contribution in [2.75, 3.05) is 11.9 Å². The monoisotopic (exact) mass is 314 g/mol. The molecule has 0 spiro atoms. The van der Waals surface area contributed by atoms with E-state index in [9.17, 15) is 4.79 Å². The molecule has 1 heterocycles. The Kier molecular flexibility index (Phi) is 6.04. The van der Waals surface area contributed by atoms with Crippen molar-refractivity contribution in [1.29, 1.82) is 0 Å². The van der Waals surface area contributed by atoms with Crippen LogP contribution in [-0.2, 0) is 11.2 Å². The summed E-state index contributed by atoms with van der Waals surface area (Å²) in [7, 11) is 0. The summed E-state index contributed by atoms with van der Waals surface area (Å²) in [5, 5.41) is 5.91. The van der Waals surface area contributed by atoms with Crippen LogP contribution in [0.25, 0.3) is 0 Å². The van der Waals surface area contributed by atoms with Gasteiger partial charge >= 0.3 is 0 Å². The van der Waals surface area contributed by atoms with Crippen LogP contribution in [0.2, 0.25) is 0 Å². The Hall–Kier alpha value is -1.17. The molecule has 2 N–H and O–H groups in total. The van der Waals surface area contributed by atoms with Crippen LogP contribution >= 0.6 is 15.9 Å². The molecule has 0 aliphatic carbocycles. The minimum Gasteiger partial charge on any atom is -0.358 e. The van der Waals surface area contributed by atoms with Gasteiger partial charge in [0.15, 0.2) is 0 Å². The van der Waals surface area contributed by atoms with Crippen molar-refractivity contribution in [2.45, 2.75) is 39.7 Å². The molecule has 1 rings (SSSR count). The Bertz CT molecular complexity index is 411. The zero-order chi connectivity index (χ0) is 13.5. The van der Waals surface area contributed by atoms with Crippen molar-refractivity contribution >= 4 is 27.7 Å². The maximum atomic E-state index is 11.7. The van der Waals surface area contributed by atoms with Crippen molar-refractivity contribution in [3.63, 3.8) is 0 Å². The van der Waals surface area contributed by atoms with E-state index in [1.54, 1.807) is 6.07 Å². The molecule has 1 amide bonds. The lowest BCUT2D eigenvalue weighted by Crippen LogP contribution is -2.38. The van der Waals surface area contributed by atoms with Crippen molar-refractivity contribution < 1.29 is 4.79 Å². The van der Waals surface area contributed by atoms with Crippen LogP contribution in [-0.4, -0.2) is 28.5 Å². The fourth-order valence-electron chi connectivity index (χ4n) is 1.39. The Labute approximate surface area is 116 Å². The first kappa shape index (κ1) is 14.9. The van der Waals surface area contributed by atoms with Gasteiger partial charge < -0.3 is 10.6 Å². The molecule has 0 aliphatic heterocycles. The van der Waals surface area contributed by atoms with E-state index < -0.39 is 0 Å². The second-order valence-corrected chi connectivity index (χ2v) is 4.82. The number of aryl methyl sites for hydroxylation is 1. The number of aromatic nitrogens is 2. The first-order valence-electron chi connectivity index (χ1n) is 6.14. The van der Waals surface area contributed by atoms with E-state index in [4.69, 9.17) is 0 Å². The quantitative estimate of drug-likeness (QED) is 0.789. The van der Waals surface area contributed by atoms with Gasteiger partial charge in [-0.15, -0.1) is 0 Å². The van der Waals surface area contributed by atoms with Crippen molar-refractivity contribution in [3.8, 4) is 0 Å². The third-order valence-corrected chi connectivity index (χ3v) is 2.77. The minimum atomic E-state index is -0.317. The minimum absolute atomic E-state index is 0.0235. The van der Waals surface area contributed by atoms with E-state index in [-0.39, 0.29) is 11.9 Å². The van der Waals surface area contributed by atoms with Gasteiger partial charge in [-0.1, -0.05) is 13.8 Å². The number of nitrogens with zero attached hydrogens (tertiary/aromatic N) is 2. The molecule has 18 heavy (non-hydrogen) atoms. The standard InChI is InChI=1S/C12H19BrN4O/c1-4-6-14-12(18)8(3)15-11-7-9(13)16-10(5-2)17-11/h7-8H,4-6H2,1-3H3,(H,14,18)(H,15,16,17). The molecule has 0 fully saturated rings. The number of rotatable bonds is 6. The van der Waals surface area contributed by atoms with Crippen molar-refractivity contribution in [2.24, 2.45) is 0 Å². The van der Waals surface area contributed by atoms with Crippen LogP contribution in [0.3, 0.4) is 0 Å². The smallest absolute Gasteiger partial charge is 0.242 e. The number of carbonyl (C=O) groups excluding carboxylic acids is 1. The summed E-state index contributed by atoms with van der Waals surface area (Å²) in [6.45, 7) is 6.52. The summed E-state index contributed by atoms with van der Waals surface area (Å²) < 4.78 is 0.720. The lowest BCUT2D eigenvalue weighted by atomic mass is 10.3. The summed E-state index contributed by atoms with van der Waals surface area (Å²) >= 11 is 3.33. The molecule has 1 atom stereocenters. The van der Waals surface area contributed by atoms with Crippen molar-refractivity contribution in [3.05, 3.63) is 16.5 Å². The number of hydrogen-bond acceptors (Lipinski definition) is 4. The molecule has 1 aromatic heterocycles. The third-order valence-electron chi connectivity index (χ3n) is 2.36. The molecule has 1 unspecified atom stereocenters. The number of carbonyl (C=O) groups is 1. The van der Waals surface area contributed by atoms with Crippen LogP contribution in [0.1, 0.15) is 33.0 Å². The Balaban J connectivity index is 2.66. The van der Waals surface area contributed by atoms with Gasteiger partial charge in [0.2, 0.25) is 5.91 Å². The predicted molar refractivity (Wildman–Crippen MR) is 75.5 cm³/mol. The first-order chi connectivity index (χ1) is 8.56. The summed E-state index contributed by atoms with van der Waals surface area (Å²) in [5.41, 5.74) is 0. The highest BCUT2D eigenvalue weighted by Gasteiger charge is 2.13. The van der Waals surface area contributed by atoms with Crippen LogP contribution in [0.5, 0.6) is 0 Å². The van der Waals surface area contributed by atoms with E-state index in [0.717, 1.165) is 23.3 Å². The molecule has 0 bridgehead atoms. The average Bonchev–Trinajstić information content (AvgIpc) is 2.34. The lowest BCUT2D eigenvalue weighted by molar-refractivity contribution is -0.121. The SMILES string of the molecule is CCCNC(=O)C(C)Nc1cc(Br)nc(CC)n1. The van der Waals surface area contributed by atoms with Gasteiger partial charge in [0.1, 0.15) is 22.3 Å². The fraction of sp³-hybridized carbons (Fsp3) is 0.583. The molecule has 0 aromatic carbocycles. The molecule has 6 heteroatoms. The number of anilines is 1. The lowest BCUT2D eigenvalue weighted by Gasteiger charge is -2.14. The molecule has 0 saturated heterocycles.